The van der Waals surface area contributed by atoms with Crippen molar-refractivity contribution in [2.75, 3.05) is 24.4 Å². The van der Waals surface area contributed by atoms with E-state index in [4.69, 9.17) is 16.3 Å². The average molecular weight is 449 g/mol. The number of aliphatic imine (C=N–C) groups is 1. The molecule has 1 atom stereocenters. The maximum Gasteiger partial charge on any atom is 0.321 e. The zero-order valence-corrected chi connectivity index (χ0v) is 18.3. The Hall–Kier alpha value is -3.84. The molecule has 2 N–H and O–H groups in total. The highest BCUT2D eigenvalue weighted by molar-refractivity contribution is 6.32. The minimum absolute atomic E-state index is 0.380. The van der Waals surface area contributed by atoms with E-state index in [2.05, 4.69) is 15.6 Å². The molecule has 4 rings (SSSR count). The number of methoxy groups -OCH3 is 1. The van der Waals surface area contributed by atoms with Crippen LogP contribution in [0.4, 0.5) is 16.2 Å². The molecule has 0 aromatic heterocycles. The van der Waals surface area contributed by atoms with Gasteiger partial charge >= 0.3 is 6.03 Å². The van der Waals surface area contributed by atoms with E-state index in [0.29, 0.717) is 33.4 Å². The van der Waals surface area contributed by atoms with E-state index in [0.717, 1.165) is 5.56 Å². The van der Waals surface area contributed by atoms with Gasteiger partial charge in [0.15, 0.2) is 0 Å². The van der Waals surface area contributed by atoms with Crippen molar-refractivity contribution in [2.45, 2.75) is 6.17 Å². The van der Waals surface area contributed by atoms with Crippen LogP contribution >= 0.6 is 11.6 Å². The molecule has 0 radical (unpaired) electrons. The van der Waals surface area contributed by atoms with Gasteiger partial charge in [-0.3, -0.25) is 4.79 Å². The average Bonchev–Trinajstić information content (AvgIpc) is 2.90. The van der Waals surface area contributed by atoms with Gasteiger partial charge in [-0.15, -0.1) is 0 Å². The number of urea groups is 1. The maximum absolute atomic E-state index is 13.2. The van der Waals surface area contributed by atoms with Crippen LogP contribution in [0.3, 0.4) is 0 Å². The summed E-state index contributed by atoms with van der Waals surface area (Å²) in [4.78, 5) is 32.1. The third-order valence-corrected chi connectivity index (χ3v) is 5.30. The minimum Gasteiger partial charge on any atom is -0.495 e. The number of likely N-dealkylation sites (N-methyl/N-ethyl adjacent to an activating group) is 1. The quantitative estimate of drug-likeness (QED) is 0.623. The SMILES string of the molecule is COc1ccccc1NC(=O)NC1N=C(c2ccccc2)c2cc(Cl)ccc2N(C)C1=O. The summed E-state index contributed by atoms with van der Waals surface area (Å²) in [5.41, 5.74) is 3.19. The van der Waals surface area contributed by atoms with E-state index >= 15 is 0 Å². The Bertz CT molecular complexity index is 1200. The first-order valence-electron chi connectivity index (χ1n) is 9.89. The van der Waals surface area contributed by atoms with Gasteiger partial charge in [0.25, 0.3) is 5.91 Å². The topological polar surface area (TPSA) is 83.0 Å². The second kappa shape index (κ2) is 9.11. The van der Waals surface area contributed by atoms with E-state index in [1.54, 1.807) is 49.5 Å². The lowest BCUT2D eigenvalue weighted by Gasteiger charge is -2.21. The Balaban J connectivity index is 1.71. The Morgan fingerprint density at radius 1 is 1.06 bits per heavy atom. The molecule has 0 bridgehead atoms. The van der Waals surface area contributed by atoms with Crippen LogP contribution in [0.1, 0.15) is 11.1 Å². The third kappa shape index (κ3) is 4.29. The number of amides is 3. The van der Waals surface area contributed by atoms with E-state index in [9.17, 15) is 9.59 Å². The van der Waals surface area contributed by atoms with Crippen molar-refractivity contribution in [1.82, 2.24) is 5.32 Å². The lowest BCUT2D eigenvalue weighted by Crippen LogP contribution is -2.47. The first-order valence-corrected chi connectivity index (χ1v) is 10.3. The molecule has 1 aliphatic rings. The second-order valence-electron chi connectivity index (χ2n) is 7.10. The van der Waals surface area contributed by atoms with Gasteiger partial charge in [0.1, 0.15) is 5.75 Å². The third-order valence-electron chi connectivity index (χ3n) is 5.07. The molecule has 0 saturated heterocycles. The Morgan fingerprint density at radius 2 is 1.78 bits per heavy atom. The van der Waals surface area contributed by atoms with E-state index in [1.807, 2.05) is 30.3 Å². The molecule has 0 spiro atoms. The van der Waals surface area contributed by atoms with Gasteiger partial charge in [-0.25, -0.2) is 9.79 Å². The minimum atomic E-state index is -1.14. The first-order chi connectivity index (χ1) is 15.5. The van der Waals surface area contributed by atoms with Crippen molar-refractivity contribution >= 4 is 40.6 Å². The molecule has 1 heterocycles. The van der Waals surface area contributed by atoms with Gasteiger partial charge < -0.3 is 20.3 Å². The number of rotatable bonds is 4. The molecular weight excluding hydrogens is 428 g/mol. The molecule has 0 saturated carbocycles. The number of nitrogens with zero attached hydrogens (tertiary/aromatic N) is 2. The number of carbonyl (C=O) groups excluding carboxylic acids is 2. The lowest BCUT2D eigenvalue weighted by atomic mass is 10.0. The normalized spacial score (nSPS) is 15.3. The monoisotopic (exact) mass is 448 g/mol. The zero-order chi connectivity index (χ0) is 22.7. The smallest absolute Gasteiger partial charge is 0.321 e. The Labute approximate surface area is 190 Å². The van der Waals surface area contributed by atoms with Crippen LogP contribution < -0.4 is 20.3 Å². The van der Waals surface area contributed by atoms with Crippen LogP contribution in [0, 0.1) is 0 Å². The molecule has 3 aromatic rings. The number of benzodiazepines with no additional fused rings is 1. The molecule has 1 unspecified atom stereocenters. The first kappa shape index (κ1) is 21.4. The van der Waals surface area contributed by atoms with Crippen LogP contribution in [-0.2, 0) is 4.79 Å². The van der Waals surface area contributed by atoms with Crippen LogP contribution in [0.15, 0.2) is 77.8 Å². The number of ether oxygens (including phenoxy) is 1. The lowest BCUT2D eigenvalue weighted by molar-refractivity contribution is -0.119. The summed E-state index contributed by atoms with van der Waals surface area (Å²) in [5.74, 6) is 0.122. The molecular formula is C24H21ClN4O3. The fourth-order valence-corrected chi connectivity index (χ4v) is 3.67. The highest BCUT2D eigenvalue weighted by Crippen LogP contribution is 2.30. The summed E-state index contributed by atoms with van der Waals surface area (Å²) < 4.78 is 5.27. The number of carbonyl (C=O) groups is 2. The van der Waals surface area contributed by atoms with Crippen molar-refractivity contribution in [3.8, 4) is 5.75 Å². The standard InChI is InChI=1S/C24H21ClN4O3/c1-29-19-13-12-16(25)14-17(19)21(15-8-4-3-5-9-15)27-22(23(29)30)28-24(31)26-18-10-6-7-11-20(18)32-2/h3-14,22H,1-2H3,(H2,26,28,31). The van der Waals surface area contributed by atoms with Gasteiger partial charge in [0.2, 0.25) is 6.17 Å². The molecule has 8 heteroatoms. The predicted molar refractivity (Wildman–Crippen MR) is 126 cm³/mol. The molecule has 3 amide bonds. The molecule has 0 aliphatic carbocycles. The van der Waals surface area contributed by atoms with Gasteiger partial charge in [0, 0.05) is 23.2 Å². The maximum atomic E-state index is 13.2. The van der Waals surface area contributed by atoms with Gasteiger partial charge in [-0.2, -0.15) is 0 Å². The van der Waals surface area contributed by atoms with Crippen LogP contribution in [0.5, 0.6) is 5.75 Å². The molecule has 7 nitrogen and oxygen atoms in total. The van der Waals surface area contributed by atoms with Crippen molar-refractivity contribution < 1.29 is 14.3 Å². The van der Waals surface area contributed by atoms with E-state index in [-0.39, 0.29) is 5.91 Å². The highest BCUT2D eigenvalue weighted by atomic mass is 35.5. The number of anilines is 2. The summed E-state index contributed by atoms with van der Waals surface area (Å²) in [5, 5.41) is 5.91. The van der Waals surface area contributed by atoms with Crippen molar-refractivity contribution in [3.05, 3.63) is 88.9 Å². The van der Waals surface area contributed by atoms with Gasteiger partial charge in [-0.05, 0) is 30.3 Å². The summed E-state index contributed by atoms with van der Waals surface area (Å²) >= 11 is 6.26. The van der Waals surface area contributed by atoms with Crippen LogP contribution in [-0.4, -0.2) is 38.0 Å². The Morgan fingerprint density at radius 3 is 2.53 bits per heavy atom. The van der Waals surface area contributed by atoms with Crippen molar-refractivity contribution in [2.24, 2.45) is 4.99 Å². The Kier molecular flexibility index (Phi) is 6.09. The molecule has 1 aliphatic heterocycles. The summed E-state index contributed by atoms with van der Waals surface area (Å²) in [7, 11) is 3.16. The predicted octanol–water partition coefficient (Wildman–Crippen LogP) is 4.31. The number of fused-ring (bicyclic) bond motifs is 1. The largest absolute Gasteiger partial charge is 0.495 e. The number of halogens is 1. The fourth-order valence-electron chi connectivity index (χ4n) is 3.50. The summed E-state index contributed by atoms with van der Waals surface area (Å²) in [6, 6.07) is 21.1. The molecule has 162 valence electrons. The zero-order valence-electron chi connectivity index (χ0n) is 17.5. The molecule has 3 aromatic carbocycles. The van der Waals surface area contributed by atoms with Crippen LogP contribution in [0.2, 0.25) is 5.02 Å². The number of hydrogen-bond donors (Lipinski definition) is 2. The number of benzene rings is 3. The van der Waals surface area contributed by atoms with Crippen LogP contribution in [0.25, 0.3) is 0 Å². The van der Waals surface area contributed by atoms with Crippen molar-refractivity contribution in [1.29, 1.82) is 0 Å². The number of para-hydroxylation sites is 2. The van der Waals surface area contributed by atoms with E-state index in [1.165, 1.54) is 12.0 Å². The number of nitrogens with one attached hydrogen (secondary N) is 2. The van der Waals surface area contributed by atoms with Crippen molar-refractivity contribution in [3.63, 3.8) is 0 Å². The molecule has 0 fully saturated rings. The molecule has 32 heavy (non-hydrogen) atoms. The fraction of sp³-hybridized carbons (Fsp3) is 0.125. The second-order valence-corrected chi connectivity index (χ2v) is 7.54. The van der Waals surface area contributed by atoms with E-state index < -0.39 is 12.2 Å². The number of hydrogen-bond acceptors (Lipinski definition) is 4. The highest BCUT2D eigenvalue weighted by Gasteiger charge is 2.31. The summed E-state index contributed by atoms with van der Waals surface area (Å²) in [6.45, 7) is 0. The summed E-state index contributed by atoms with van der Waals surface area (Å²) in [6.07, 6.45) is -1.14. The van der Waals surface area contributed by atoms with Gasteiger partial charge in [-0.1, -0.05) is 54.1 Å². The van der Waals surface area contributed by atoms with Gasteiger partial charge in [0.05, 0.1) is 24.2 Å².